The standard InChI is InChI=1S/C18H18N4O3/c1-4-7-24-13-6-5-11(8-14(13)23-3)16-12(9-19)17(20)25-18-15(16)10(2)21-22-18/h4-6,8,16H,1,7,20H2,2-3H3,(H,21,22). The quantitative estimate of drug-likeness (QED) is 0.811. The maximum Gasteiger partial charge on any atom is 0.244 e. The predicted octanol–water partition coefficient (Wildman–Crippen LogP) is 2.51. The van der Waals surface area contributed by atoms with Crippen molar-refractivity contribution in [2.75, 3.05) is 13.7 Å². The van der Waals surface area contributed by atoms with Crippen LogP contribution in [0.25, 0.3) is 0 Å². The number of aromatic amines is 1. The van der Waals surface area contributed by atoms with E-state index in [4.69, 9.17) is 19.9 Å². The monoisotopic (exact) mass is 338 g/mol. The summed E-state index contributed by atoms with van der Waals surface area (Å²) in [6.45, 7) is 5.88. The van der Waals surface area contributed by atoms with E-state index in [1.54, 1.807) is 19.3 Å². The SMILES string of the molecule is C=CCOc1ccc(C2C(C#N)=C(N)Oc3n[nH]c(C)c32)cc1OC. The van der Waals surface area contributed by atoms with Crippen molar-refractivity contribution >= 4 is 0 Å². The van der Waals surface area contributed by atoms with Gasteiger partial charge in [-0.3, -0.25) is 5.10 Å². The summed E-state index contributed by atoms with van der Waals surface area (Å²) in [4.78, 5) is 0. The molecule has 1 aromatic heterocycles. The van der Waals surface area contributed by atoms with E-state index in [2.05, 4.69) is 22.8 Å². The highest BCUT2D eigenvalue weighted by Crippen LogP contribution is 2.44. The Morgan fingerprint density at radius 2 is 2.28 bits per heavy atom. The molecule has 7 heteroatoms. The average molecular weight is 338 g/mol. The van der Waals surface area contributed by atoms with Crippen LogP contribution >= 0.6 is 0 Å². The van der Waals surface area contributed by atoms with Gasteiger partial charge in [0.25, 0.3) is 0 Å². The van der Waals surface area contributed by atoms with Crippen LogP contribution in [0.15, 0.2) is 42.3 Å². The zero-order valence-electron chi connectivity index (χ0n) is 14.0. The molecule has 1 aromatic carbocycles. The number of rotatable bonds is 5. The number of fused-ring (bicyclic) bond motifs is 1. The molecule has 128 valence electrons. The molecule has 0 saturated heterocycles. The van der Waals surface area contributed by atoms with Crippen molar-refractivity contribution < 1.29 is 14.2 Å². The van der Waals surface area contributed by atoms with Crippen molar-refractivity contribution in [1.29, 1.82) is 5.26 Å². The summed E-state index contributed by atoms with van der Waals surface area (Å²) < 4.78 is 16.5. The molecule has 25 heavy (non-hydrogen) atoms. The zero-order chi connectivity index (χ0) is 18.0. The summed E-state index contributed by atoms with van der Waals surface area (Å²) in [5, 5.41) is 16.6. The van der Waals surface area contributed by atoms with Crippen molar-refractivity contribution in [3.63, 3.8) is 0 Å². The second kappa shape index (κ2) is 6.61. The number of allylic oxidation sites excluding steroid dienone is 1. The molecule has 2 aromatic rings. The highest BCUT2D eigenvalue weighted by Gasteiger charge is 2.34. The first kappa shape index (κ1) is 16.5. The summed E-state index contributed by atoms with van der Waals surface area (Å²) in [6.07, 6.45) is 1.66. The van der Waals surface area contributed by atoms with Gasteiger partial charge in [-0.1, -0.05) is 18.7 Å². The molecule has 2 heterocycles. The highest BCUT2D eigenvalue weighted by atomic mass is 16.5. The molecule has 0 aliphatic carbocycles. The van der Waals surface area contributed by atoms with Crippen LogP contribution in [0.4, 0.5) is 0 Å². The van der Waals surface area contributed by atoms with E-state index in [1.165, 1.54) is 0 Å². The van der Waals surface area contributed by atoms with E-state index in [-0.39, 0.29) is 5.88 Å². The molecule has 1 aliphatic rings. The van der Waals surface area contributed by atoms with E-state index < -0.39 is 5.92 Å². The maximum absolute atomic E-state index is 9.58. The van der Waals surface area contributed by atoms with Crippen LogP contribution in [0.3, 0.4) is 0 Å². The molecular weight excluding hydrogens is 320 g/mol. The summed E-state index contributed by atoms with van der Waals surface area (Å²) in [6, 6.07) is 7.65. The average Bonchev–Trinajstić information content (AvgIpc) is 2.99. The maximum atomic E-state index is 9.58. The summed E-state index contributed by atoms with van der Waals surface area (Å²) >= 11 is 0. The molecule has 0 fully saturated rings. The third-order valence-electron chi connectivity index (χ3n) is 4.01. The lowest BCUT2D eigenvalue weighted by molar-refractivity contribution is 0.326. The lowest BCUT2D eigenvalue weighted by atomic mass is 9.84. The second-order valence-electron chi connectivity index (χ2n) is 5.50. The van der Waals surface area contributed by atoms with Gasteiger partial charge >= 0.3 is 0 Å². The van der Waals surface area contributed by atoms with Gasteiger partial charge in [-0.2, -0.15) is 5.26 Å². The number of aryl methyl sites for hydroxylation is 1. The Morgan fingerprint density at radius 3 is 2.96 bits per heavy atom. The fraction of sp³-hybridized carbons (Fsp3) is 0.222. The van der Waals surface area contributed by atoms with Gasteiger partial charge in [0.05, 0.1) is 13.0 Å². The largest absolute Gasteiger partial charge is 0.493 e. The number of nitrogens with one attached hydrogen (secondary N) is 1. The first-order chi connectivity index (χ1) is 12.1. The number of hydrogen-bond acceptors (Lipinski definition) is 6. The smallest absolute Gasteiger partial charge is 0.244 e. The third kappa shape index (κ3) is 2.78. The Kier molecular flexibility index (Phi) is 4.35. The third-order valence-corrected chi connectivity index (χ3v) is 4.01. The fourth-order valence-corrected chi connectivity index (χ4v) is 2.86. The van der Waals surface area contributed by atoms with Gasteiger partial charge in [0, 0.05) is 11.3 Å². The minimum atomic E-state index is -0.394. The van der Waals surface area contributed by atoms with Gasteiger partial charge in [0.2, 0.25) is 11.8 Å². The second-order valence-corrected chi connectivity index (χ2v) is 5.50. The van der Waals surface area contributed by atoms with Crippen molar-refractivity contribution in [1.82, 2.24) is 10.2 Å². The number of H-pyrrole nitrogens is 1. The molecule has 0 spiro atoms. The van der Waals surface area contributed by atoms with Gasteiger partial charge in [-0.15, -0.1) is 5.10 Å². The molecule has 3 rings (SSSR count). The summed E-state index contributed by atoms with van der Waals surface area (Å²) in [5.41, 5.74) is 8.68. The molecule has 7 nitrogen and oxygen atoms in total. The van der Waals surface area contributed by atoms with Crippen LogP contribution in [-0.2, 0) is 0 Å². The van der Waals surface area contributed by atoms with Crippen LogP contribution < -0.4 is 19.9 Å². The number of nitrogens with two attached hydrogens (primary N) is 1. The van der Waals surface area contributed by atoms with E-state index in [9.17, 15) is 5.26 Å². The zero-order valence-corrected chi connectivity index (χ0v) is 14.0. The van der Waals surface area contributed by atoms with Crippen LogP contribution in [0.2, 0.25) is 0 Å². The van der Waals surface area contributed by atoms with E-state index >= 15 is 0 Å². The predicted molar refractivity (Wildman–Crippen MR) is 91.3 cm³/mol. The molecule has 1 unspecified atom stereocenters. The Hall–Kier alpha value is -3.40. The number of nitriles is 1. The number of nitrogens with zero attached hydrogens (tertiary/aromatic N) is 2. The summed E-state index contributed by atoms with van der Waals surface area (Å²) in [5.74, 6) is 1.19. The molecule has 1 atom stereocenters. The molecular formula is C18H18N4O3. The fourth-order valence-electron chi connectivity index (χ4n) is 2.86. The molecule has 0 bridgehead atoms. The van der Waals surface area contributed by atoms with Gasteiger partial charge < -0.3 is 19.9 Å². The van der Waals surface area contributed by atoms with Crippen LogP contribution in [-0.4, -0.2) is 23.9 Å². The van der Waals surface area contributed by atoms with Crippen molar-refractivity contribution in [2.24, 2.45) is 5.73 Å². The van der Waals surface area contributed by atoms with Gasteiger partial charge in [-0.05, 0) is 24.6 Å². The van der Waals surface area contributed by atoms with Crippen LogP contribution in [0.1, 0.15) is 22.7 Å². The Balaban J connectivity index is 2.12. The van der Waals surface area contributed by atoms with Gasteiger partial charge in [0.1, 0.15) is 18.2 Å². The molecule has 0 radical (unpaired) electrons. The van der Waals surface area contributed by atoms with Crippen LogP contribution in [0, 0.1) is 18.3 Å². The molecule has 1 aliphatic heterocycles. The number of methoxy groups -OCH3 is 1. The summed E-state index contributed by atoms with van der Waals surface area (Å²) in [7, 11) is 1.56. The minimum Gasteiger partial charge on any atom is -0.493 e. The number of benzene rings is 1. The lowest BCUT2D eigenvalue weighted by Gasteiger charge is -2.24. The van der Waals surface area contributed by atoms with E-state index in [0.29, 0.717) is 29.6 Å². The Bertz CT molecular complexity index is 892. The van der Waals surface area contributed by atoms with Crippen LogP contribution in [0.5, 0.6) is 17.4 Å². The first-order valence-electron chi connectivity index (χ1n) is 7.64. The van der Waals surface area contributed by atoms with E-state index in [1.807, 2.05) is 19.1 Å². The topological polar surface area (TPSA) is 106 Å². The first-order valence-corrected chi connectivity index (χ1v) is 7.64. The van der Waals surface area contributed by atoms with Crippen molar-refractivity contribution in [3.8, 4) is 23.4 Å². The molecule has 0 saturated carbocycles. The normalized spacial score (nSPS) is 15.8. The number of ether oxygens (including phenoxy) is 3. The molecule has 0 amide bonds. The Morgan fingerprint density at radius 1 is 1.48 bits per heavy atom. The van der Waals surface area contributed by atoms with Crippen molar-refractivity contribution in [2.45, 2.75) is 12.8 Å². The van der Waals surface area contributed by atoms with Gasteiger partial charge in [-0.25, -0.2) is 0 Å². The molecule has 3 N–H and O–H groups in total. The minimum absolute atomic E-state index is 0.0532. The van der Waals surface area contributed by atoms with E-state index in [0.717, 1.165) is 16.8 Å². The highest BCUT2D eigenvalue weighted by molar-refractivity contribution is 5.57. The number of hydrogen-bond donors (Lipinski definition) is 2. The Labute approximate surface area is 145 Å². The number of aromatic nitrogens is 2. The van der Waals surface area contributed by atoms with Crippen molar-refractivity contribution in [3.05, 3.63) is 59.1 Å². The lowest BCUT2D eigenvalue weighted by Crippen LogP contribution is -2.21. The van der Waals surface area contributed by atoms with Gasteiger partial charge in [0.15, 0.2) is 11.5 Å².